The minimum atomic E-state index is -0.383. The fraction of sp³-hybridized carbons (Fsp3) is 0.429. The molecule has 1 saturated carbocycles. The quantitative estimate of drug-likeness (QED) is 0.723. The van der Waals surface area contributed by atoms with Crippen molar-refractivity contribution in [2.75, 3.05) is 5.32 Å². The van der Waals surface area contributed by atoms with Gasteiger partial charge in [-0.2, -0.15) is 5.10 Å². The van der Waals surface area contributed by atoms with Crippen molar-refractivity contribution in [2.45, 2.75) is 57.0 Å². The smallest absolute Gasteiger partial charge is 0.198 e. The van der Waals surface area contributed by atoms with Crippen LogP contribution in [0.4, 0.5) is 5.82 Å². The zero-order chi connectivity index (χ0) is 19.5. The molecule has 3 N–H and O–H groups in total. The second-order valence-electron chi connectivity index (χ2n) is 8.54. The molecule has 7 heteroatoms. The zero-order valence-electron chi connectivity index (χ0n) is 16.1. The van der Waals surface area contributed by atoms with Crippen LogP contribution in [-0.4, -0.2) is 37.4 Å². The number of hydrogen-bond donors (Lipinski definition) is 2. The Labute approximate surface area is 163 Å². The maximum Gasteiger partial charge on any atom is 0.198 e. The van der Waals surface area contributed by atoms with Gasteiger partial charge in [-0.25, -0.2) is 14.5 Å². The third-order valence-electron chi connectivity index (χ3n) is 6.07. The van der Waals surface area contributed by atoms with Crippen LogP contribution < -0.4 is 11.1 Å². The van der Waals surface area contributed by atoms with Gasteiger partial charge >= 0.3 is 0 Å². The molecule has 0 bridgehead atoms. The minimum absolute atomic E-state index is 0.280. The van der Waals surface area contributed by atoms with E-state index in [1.54, 1.807) is 10.7 Å². The van der Waals surface area contributed by atoms with Crippen LogP contribution in [0, 0.1) is 0 Å². The lowest BCUT2D eigenvalue weighted by Gasteiger charge is -2.33. The third-order valence-corrected chi connectivity index (χ3v) is 6.07. The number of fused-ring (bicyclic) bond motifs is 2. The SMILES string of the molecule is CC1(C)C(=O)Cc2cc(Cc3nc4c(NC5CC(N)C5)nccn4n3)ccc21. The van der Waals surface area contributed by atoms with Crippen LogP contribution in [-0.2, 0) is 23.1 Å². The molecule has 0 radical (unpaired) electrons. The average Bonchev–Trinajstić information content (AvgIpc) is 3.12. The predicted octanol–water partition coefficient (Wildman–Crippen LogP) is 2.02. The molecule has 3 aromatic rings. The third kappa shape index (κ3) is 2.77. The summed E-state index contributed by atoms with van der Waals surface area (Å²) >= 11 is 0. The predicted molar refractivity (Wildman–Crippen MR) is 106 cm³/mol. The van der Waals surface area contributed by atoms with Gasteiger partial charge in [-0.3, -0.25) is 4.79 Å². The topological polar surface area (TPSA) is 98.2 Å². The Balaban J connectivity index is 1.40. The lowest BCUT2D eigenvalue weighted by atomic mass is 9.85. The van der Waals surface area contributed by atoms with Gasteiger partial charge in [-0.05, 0) is 43.4 Å². The number of hydrogen-bond acceptors (Lipinski definition) is 6. The summed E-state index contributed by atoms with van der Waals surface area (Å²) in [5.41, 5.74) is 9.61. The first-order valence-electron chi connectivity index (χ1n) is 9.78. The monoisotopic (exact) mass is 376 g/mol. The highest BCUT2D eigenvalue weighted by molar-refractivity contribution is 5.95. The standard InChI is InChI=1S/C21H24N6O/c1-21(2)16-4-3-12(7-13(16)9-17(21)28)8-18-25-20-19(23-5-6-27(20)26-18)24-15-10-14(22)11-15/h3-7,14-15H,8-11,22H2,1-2H3,(H,23,24). The van der Waals surface area contributed by atoms with Gasteiger partial charge in [-0.15, -0.1) is 0 Å². The molecule has 5 rings (SSSR count). The Hall–Kier alpha value is -2.80. The molecule has 1 fully saturated rings. The minimum Gasteiger partial charge on any atom is -0.364 e. The van der Waals surface area contributed by atoms with Gasteiger partial charge in [0.15, 0.2) is 17.3 Å². The highest BCUT2D eigenvalue weighted by Gasteiger charge is 2.37. The molecule has 0 atom stereocenters. The molecule has 0 spiro atoms. The number of nitrogens with two attached hydrogens (primary N) is 1. The summed E-state index contributed by atoms with van der Waals surface area (Å²) < 4.78 is 1.77. The second-order valence-corrected chi connectivity index (χ2v) is 8.54. The van der Waals surface area contributed by atoms with Crippen molar-refractivity contribution in [1.29, 1.82) is 0 Å². The highest BCUT2D eigenvalue weighted by Crippen LogP contribution is 2.36. The fourth-order valence-corrected chi connectivity index (χ4v) is 4.25. The first-order valence-corrected chi connectivity index (χ1v) is 9.78. The van der Waals surface area contributed by atoms with Crippen molar-refractivity contribution >= 4 is 17.2 Å². The molecule has 0 amide bonds. The van der Waals surface area contributed by atoms with E-state index in [0.717, 1.165) is 46.8 Å². The molecule has 2 aliphatic rings. The van der Waals surface area contributed by atoms with Crippen LogP contribution in [0.3, 0.4) is 0 Å². The van der Waals surface area contributed by atoms with E-state index in [2.05, 4.69) is 33.6 Å². The van der Waals surface area contributed by atoms with Crippen LogP contribution in [0.2, 0.25) is 0 Å². The summed E-state index contributed by atoms with van der Waals surface area (Å²) in [6, 6.07) is 6.92. The summed E-state index contributed by atoms with van der Waals surface area (Å²) in [5.74, 6) is 1.77. The average molecular weight is 376 g/mol. The number of carbonyl (C=O) groups is 1. The molecular weight excluding hydrogens is 352 g/mol. The van der Waals surface area contributed by atoms with E-state index in [-0.39, 0.29) is 17.2 Å². The van der Waals surface area contributed by atoms with Crippen molar-refractivity contribution in [3.63, 3.8) is 0 Å². The molecule has 1 aromatic carbocycles. The van der Waals surface area contributed by atoms with E-state index in [0.29, 0.717) is 18.9 Å². The zero-order valence-corrected chi connectivity index (χ0v) is 16.1. The van der Waals surface area contributed by atoms with E-state index in [4.69, 9.17) is 10.7 Å². The summed E-state index contributed by atoms with van der Waals surface area (Å²) in [5, 5.41) is 8.03. The first kappa shape index (κ1) is 17.3. The van der Waals surface area contributed by atoms with Crippen molar-refractivity contribution in [3.05, 3.63) is 53.1 Å². The molecule has 7 nitrogen and oxygen atoms in total. The van der Waals surface area contributed by atoms with E-state index in [1.165, 1.54) is 0 Å². The lowest BCUT2D eigenvalue weighted by molar-refractivity contribution is -0.121. The Morgan fingerprint density at radius 1 is 1.32 bits per heavy atom. The molecule has 0 unspecified atom stereocenters. The van der Waals surface area contributed by atoms with Crippen LogP contribution in [0.1, 0.15) is 49.2 Å². The summed E-state index contributed by atoms with van der Waals surface area (Å²) in [6.07, 6.45) is 6.58. The first-order chi connectivity index (χ1) is 13.4. The van der Waals surface area contributed by atoms with E-state index >= 15 is 0 Å². The number of aromatic nitrogens is 4. The fourth-order valence-electron chi connectivity index (χ4n) is 4.25. The Morgan fingerprint density at radius 2 is 2.14 bits per heavy atom. The van der Waals surface area contributed by atoms with Gasteiger partial charge < -0.3 is 11.1 Å². The molecule has 2 aromatic heterocycles. The van der Waals surface area contributed by atoms with Gasteiger partial charge in [0.05, 0.1) is 0 Å². The number of benzene rings is 1. The van der Waals surface area contributed by atoms with E-state index in [9.17, 15) is 4.79 Å². The normalized spacial score (nSPS) is 22.9. The number of ketones is 1. The van der Waals surface area contributed by atoms with Gasteiger partial charge in [0, 0.05) is 42.7 Å². The van der Waals surface area contributed by atoms with Gasteiger partial charge in [-0.1, -0.05) is 18.2 Å². The van der Waals surface area contributed by atoms with Crippen LogP contribution in [0.15, 0.2) is 30.6 Å². The number of Topliss-reactive ketones (excluding diaryl/α,β-unsaturated/α-hetero) is 1. The van der Waals surface area contributed by atoms with Crippen LogP contribution >= 0.6 is 0 Å². The molecule has 144 valence electrons. The summed E-state index contributed by atoms with van der Waals surface area (Å²) in [7, 11) is 0. The van der Waals surface area contributed by atoms with Crippen molar-refractivity contribution in [1.82, 2.24) is 19.6 Å². The van der Waals surface area contributed by atoms with Crippen molar-refractivity contribution in [3.8, 4) is 0 Å². The summed E-state index contributed by atoms with van der Waals surface area (Å²) in [4.78, 5) is 21.4. The number of anilines is 1. The Kier molecular flexibility index (Phi) is 3.77. The number of nitrogens with zero attached hydrogens (tertiary/aromatic N) is 4. The molecule has 2 aliphatic carbocycles. The maximum atomic E-state index is 12.3. The molecule has 2 heterocycles. The maximum absolute atomic E-state index is 12.3. The van der Waals surface area contributed by atoms with Gasteiger partial charge in [0.2, 0.25) is 0 Å². The number of carbonyl (C=O) groups excluding carboxylic acids is 1. The molecule has 0 aliphatic heterocycles. The molecule has 28 heavy (non-hydrogen) atoms. The Bertz CT molecular complexity index is 1080. The largest absolute Gasteiger partial charge is 0.364 e. The lowest BCUT2D eigenvalue weighted by Crippen LogP contribution is -2.44. The van der Waals surface area contributed by atoms with Gasteiger partial charge in [0.25, 0.3) is 0 Å². The number of rotatable bonds is 4. The summed E-state index contributed by atoms with van der Waals surface area (Å²) in [6.45, 7) is 4.00. The second kappa shape index (κ2) is 6.10. The molecular formula is C21H24N6O. The van der Waals surface area contributed by atoms with Gasteiger partial charge in [0.1, 0.15) is 5.78 Å². The Morgan fingerprint density at radius 3 is 2.93 bits per heavy atom. The number of nitrogens with one attached hydrogen (secondary N) is 1. The van der Waals surface area contributed by atoms with Crippen molar-refractivity contribution < 1.29 is 4.79 Å². The van der Waals surface area contributed by atoms with E-state index < -0.39 is 0 Å². The highest BCUT2D eigenvalue weighted by atomic mass is 16.1. The van der Waals surface area contributed by atoms with Crippen LogP contribution in [0.5, 0.6) is 0 Å². The molecule has 0 saturated heterocycles. The van der Waals surface area contributed by atoms with Crippen LogP contribution in [0.25, 0.3) is 5.65 Å². The van der Waals surface area contributed by atoms with E-state index in [1.807, 2.05) is 20.0 Å². The van der Waals surface area contributed by atoms with Crippen molar-refractivity contribution in [2.24, 2.45) is 5.73 Å².